The summed E-state index contributed by atoms with van der Waals surface area (Å²) in [6.07, 6.45) is 1.09. The number of rotatable bonds is 6. The number of aliphatic carboxylic acids is 1. The number of methoxy groups -OCH3 is 1. The second kappa shape index (κ2) is 8.25. The van der Waals surface area contributed by atoms with Crippen molar-refractivity contribution in [3.63, 3.8) is 0 Å². The summed E-state index contributed by atoms with van der Waals surface area (Å²) >= 11 is 6.30. The second-order valence-corrected chi connectivity index (χ2v) is 7.24. The number of carbonyl (C=O) groups excluding carboxylic acids is 1. The Morgan fingerprint density at radius 1 is 1.24 bits per heavy atom. The van der Waals surface area contributed by atoms with Crippen LogP contribution < -0.4 is 4.74 Å². The van der Waals surface area contributed by atoms with Gasteiger partial charge >= 0.3 is 5.97 Å². The minimum atomic E-state index is -0.961. The van der Waals surface area contributed by atoms with Gasteiger partial charge in [0.15, 0.2) is 0 Å². The maximum absolute atomic E-state index is 13.3. The quantitative estimate of drug-likeness (QED) is 0.582. The smallest absolute Gasteiger partial charge is 0.311 e. The zero-order valence-corrected chi connectivity index (χ0v) is 17.1. The Morgan fingerprint density at radius 3 is 2.45 bits per heavy atom. The number of carbonyl (C=O) groups is 2. The molecule has 0 saturated carbocycles. The molecule has 0 amide bonds. The normalized spacial score (nSPS) is 12.2. The van der Waals surface area contributed by atoms with Gasteiger partial charge in [-0.05, 0) is 55.3 Å². The average molecular weight is 418 g/mol. The molecule has 0 saturated heterocycles. The standard InChI is InChI=1S/C22H21ClFNO4/c1-4-5-15(22(27)28)20-12(2)25(21(26)13-6-8-14(24)9-7-13)18-11-17(23)19(29-3)10-16(18)20/h6-11,15H,4-5H2,1-3H3,(H,27,28). The lowest BCUT2D eigenvalue weighted by Gasteiger charge is -2.13. The summed E-state index contributed by atoms with van der Waals surface area (Å²) < 4.78 is 20.0. The minimum Gasteiger partial charge on any atom is -0.495 e. The molecular formula is C22H21ClFNO4. The maximum atomic E-state index is 13.3. The first kappa shape index (κ1) is 20.9. The van der Waals surface area contributed by atoms with E-state index in [4.69, 9.17) is 16.3 Å². The molecule has 0 bridgehead atoms. The lowest BCUT2D eigenvalue weighted by atomic mass is 9.92. The molecule has 2 aromatic carbocycles. The molecule has 0 aliphatic carbocycles. The number of hydrogen-bond acceptors (Lipinski definition) is 3. The highest BCUT2D eigenvalue weighted by atomic mass is 35.5. The molecule has 3 rings (SSSR count). The molecule has 0 radical (unpaired) electrons. The van der Waals surface area contributed by atoms with Crippen molar-refractivity contribution < 1.29 is 23.8 Å². The Hall–Kier alpha value is -2.86. The zero-order valence-electron chi connectivity index (χ0n) is 16.3. The molecule has 1 atom stereocenters. The molecule has 0 fully saturated rings. The van der Waals surface area contributed by atoms with Gasteiger partial charge in [0.25, 0.3) is 5.91 Å². The number of halogens is 2. The van der Waals surface area contributed by atoms with Gasteiger partial charge in [-0.1, -0.05) is 24.9 Å². The van der Waals surface area contributed by atoms with Gasteiger partial charge in [-0.3, -0.25) is 14.2 Å². The molecule has 3 aromatic rings. The number of carboxylic acid groups (broad SMARTS) is 1. The summed E-state index contributed by atoms with van der Waals surface area (Å²) in [5, 5.41) is 10.7. The second-order valence-electron chi connectivity index (χ2n) is 6.83. The van der Waals surface area contributed by atoms with Crippen LogP contribution in [0.3, 0.4) is 0 Å². The molecule has 0 spiro atoms. The van der Waals surface area contributed by atoms with Crippen molar-refractivity contribution in [1.29, 1.82) is 0 Å². The number of aromatic nitrogens is 1. The molecular weight excluding hydrogens is 397 g/mol. The number of benzene rings is 2. The number of hydrogen-bond donors (Lipinski definition) is 1. The summed E-state index contributed by atoms with van der Waals surface area (Å²) in [6, 6.07) is 8.48. The summed E-state index contributed by atoms with van der Waals surface area (Å²) in [5.41, 5.74) is 1.84. The zero-order chi connectivity index (χ0) is 21.3. The van der Waals surface area contributed by atoms with Crippen LogP contribution in [-0.4, -0.2) is 28.7 Å². The Balaban J connectivity index is 2.33. The van der Waals surface area contributed by atoms with Crippen LogP contribution in [0, 0.1) is 12.7 Å². The molecule has 0 aliphatic rings. The van der Waals surface area contributed by atoms with Gasteiger partial charge in [0.1, 0.15) is 11.6 Å². The van der Waals surface area contributed by atoms with Crippen LogP contribution >= 0.6 is 11.6 Å². The van der Waals surface area contributed by atoms with Crippen molar-refractivity contribution in [2.24, 2.45) is 0 Å². The summed E-state index contributed by atoms with van der Waals surface area (Å²) in [5.74, 6) is -2.18. The monoisotopic (exact) mass is 417 g/mol. The fraction of sp³-hybridized carbons (Fsp3) is 0.273. The van der Waals surface area contributed by atoms with Crippen LogP contribution in [0.15, 0.2) is 36.4 Å². The van der Waals surface area contributed by atoms with Crippen molar-refractivity contribution in [2.75, 3.05) is 7.11 Å². The van der Waals surface area contributed by atoms with Crippen LogP contribution in [-0.2, 0) is 4.79 Å². The molecule has 1 heterocycles. The number of fused-ring (bicyclic) bond motifs is 1. The van der Waals surface area contributed by atoms with Crippen molar-refractivity contribution in [3.05, 3.63) is 64.1 Å². The van der Waals surface area contributed by atoms with E-state index in [0.717, 1.165) is 0 Å². The molecule has 152 valence electrons. The van der Waals surface area contributed by atoms with Crippen LogP contribution in [0.5, 0.6) is 5.75 Å². The van der Waals surface area contributed by atoms with Crippen LogP contribution in [0.25, 0.3) is 10.9 Å². The highest BCUT2D eigenvalue weighted by molar-refractivity contribution is 6.33. The first-order chi connectivity index (χ1) is 13.8. The molecule has 1 unspecified atom stereocenters. The van der Waals surface area contributed by atoms with E-state index in [0.29, 0.717) is 45.8 Å². The van der Waals surface area contributed by atoms with Gasteiger partial charge in [0.2, 0.25) is 0 Å². The predicted molar refractivity (Wildman–Crippen MR) is 110 cm³/mol. The third-order valence-corrected chi connectivity index (χ3v) is 5.34. The third-order valence-electron chi connectivity index (χ3n) is 5.04. The van der Waals surface area contributed by atoms with Crippen LogP contribution in [0.1, 0.15) is 47.3 Å². The van der Waals surface area contributed by atoms with E-state index < -0.39 is 17.7 Å². The van der Waals surface area contributed by atoms with Gasteiger partial charge in [-0.2, -0.15) is 0 Å². The lowest BCUT2D eigenvalue weighted by Crippen LogP contribution is -2.16. The Kier molecular flexibility index (Phi) is 5.94. The molecule has 1 N–H and O–H groups in total. The summed E-state index contributed by atoms with van der Waals surface area (Å²) in [6.45, 7) is 3.62. The number of nitrogens with zero attached hydrogens (tertiary/aromatic N) is 1. The van der Waals surface area contributed by atoms with Gasteiger partial charge in [-0.25, -0.2) is 4.39 Å². The first-order valence-corrected chi connectivity index (χ1v) is 9.59. The van der Waals surface area contributed by atoms with Crippen LogP contribution in [0.2, 0.25) is 5.02 Å². The lowest BCUT2D eigenvalue weighted by molar-refractivity contribution is -0.139. The Bertz CT molecular complexity index is 1090. The summed E-state index contributed by atoms with van der Waals surface area (Å²) in [7, 11) is 1.47. The SMILES string of the molecule is CCCC(C(=O)O)c1c(C)n(C(=O)c2ccc(F)cc2)c2cc(Cl)c(OC)cc12. The largest absolute Gasteiger partial charge is 0.495 e. The fourth-order valence-corrected chi connectivity index (χ4v) is 3.93. The predicted octanol–water partition coefficient (Wildman–Crippen LogP) is 5.41. The molecule has 0 aliphatic heterocycles. The fourth-order valence-electron chi connectivity index (χ4n) is 3.70. The average Bonchev–Trinajstić information content (AvgIpc) is 2.95. The van der Waals surface area contributed by atoms with Gasteiger partial charge in [-0.15, -0.1) is 0 Å². The molecule has 1 aromatic heterocycles. The highest BCUT2D eigenvalue weighted by Gasteiger charge is 2.29. The van der Waals surface area contributed by atoms with E-state index in [2.05, 4.69) is 0 Å². The number of ether oxygens (including phenoxy) is 1. The molecule has 29 heavy (non-hydrogen) atoms. The van der Waals surface area contributed by atoms with Crippen molar-refractivity contribution in [2.45, 2.75) is 32.6 Å². The van der Waals surface area contributed by atoms with Gasteiger partial charge in [0, 0.05) is 16.6 Å². The Labute approximate surface area is 172 Å². The van der Waals surface area contributed by atoms with E-state index in [1.807, 2.05) is 6.92 Å². The van der Waals surface area contributed by atoms with Gasteiger partial charge in [0.05, 0.1) is 23.6 Å². The molecule has 7 heteroatoms. The van der Waals surface area contributed by atoms with Crippen molar-refractivity contribution >= 4 is 34.4 Å². The van der Waals surface area contributed by atoms with E-state index >= 15 is 0 Å². The van der Waals surface area contributed by atoms with E-state index in [1.165, 1.54) is 35.9 Å². The van der Waals surface area contributed by atoms with Crippen LogP contribution in [0.4, 0.5) is 4.39 Å². The van der Waals surface area contributed by atoms with Crippen molar-refractivity contribution in [1.82, 2.24) is 4.57 Å². The van der Waals surface area contributed by atoms with Gasteiger partial charge < -0.3 is 9.84 Å². The third kappa shape index (κ3) is 3.72. The topological polar surface area (TPSA) is 68.5 Å². The first-order valence-electron chi connectivity index (χ1n) is 9.21. The van der Waals surface area contributed by atoms with E-state index in [1.54, 1.807) is 19.1 Å². The highest BCUT2D eigenvalue weighted by Crippen LogP contribution is 2.39. The minimum absolute atomic E-state index is 0.284. The van der Waals surface area contributed by atoms with Crippen molar-refractivity contribution in [3.8, 4) is 5.75 Å². The molecule has 5 nitrogen and oxygen atoms in total. The summed E-state index contributed by atoms with van der Waals surface area (Å²) in [4.78, 5) is 25.2. The van der Waals surface area contributed by atoms with E-state index in [9.17, 15) is 19.1 Å². The number of carboxylic acids is 1. The van der Waals surface area contributed by atoms with E-state index in [-0.39, 0.29) is 11.5 Å². The maximum Gasteiger partial charge on any atom is 0.311 e. The Morgan fingerprint density at radius 2 is 1.90 bits per heavy atom.